The van der Waals surface area contributed by atoms with Gasteiger partial charge in [-0.2, -0.15) is 9.78 Å². The maximum atomic E-state index is 13.2. The number of hydrogen-bond acceptors (Lipinski definition) is 7. The molecule has 0 saturated heterocycles. The lowest BCUT2D eigenvalue weighted by Crippen LogP contribution is -2.29. The fourth-order valence-corrected chi connectivity index (χ4v) is 3.34. The Labute approximate surface area is 181 Å². The van der Waals surface area contributed by atoms with Crippen molar-refractivity contribution in [2.45, 2.75) is 20.4 Å². The number of hydrogen-bond donors (Lipinski definition) is 0. The molecule has 0 aliphatic heterocycles. The van der Waals surface area contributed by atoms with Gasteiger partial charge in [0.05, 0.1) is 45.0 Å². The third kappa shape index (κ3) is 4.69. The zero-order valence-electron chi connectivity index (χ0n) is 18.6. The van der Waals surface area contributed by atoms with Crippen molar-refractivity contribution in [1.82, 2.24) is 14.6 Å². The van der Waals surface area contributed by atoms with Gasteiger partial charge in [-0.3, -0.25) is 9.69 Å². The summed E-state index contributed by atoms with van der Waals surface area (Å²) in [5.74, 6) is 2.09. The number of fused-ring (bicyclic) bond motifs is 1. The molecule has 0 saturated carbocycles. The Morgan fingerprint density at radius 1 is 1.03 bits per heavy atom. The van der Waals surface area contributed by atoms with Crippen LogP contribution in [-0.4, -0.2) is 55.2 Å². The van der Waals surface area contributed by atoms with Crippen molar-refractivity contribution in [3.8, 4) is 17.2 Å². The topological polar surface area (TPSA) is 78.2 Å². The third-order valence-electron chi connectivity index (χ3n) is 5.09. The molecule has 1 aromatic heterocycles. The highest BCUT2D eigenvalue weighted by molar-refractivity contribution is 5.83. The smallest absolute Gasteiger partial charge is 0.282 e. The van der Waals surface area contributed by atoms with E-state index in [4.69, 9.17) is 19.2 Å². The second-order valence-electron chi connectivity index (χ2n) is 6.83. The van der Waals surface area contributed by atoms with Gasteiger partial charge in [-0.1, -0.05) is 26.0 Å². The van der Waals surface area contributed by atoms with Gasteiger partial charge in [0.15, 0.2) is 11.5 Å². The average Bonchev–Trinajstić information content (AvgIpc) is 2.81. The molecule has 0 spiro atoms. The zero-order chi connectivity index (χ0) is 22.4. The molecule has 0 aliphatic carbocycles. The first-order valence-corrected chi connectivity index (χ1v) is 10.1. The van der Waals surface area contributed by atoms with E-state index in [9.17, 15) is 4.79 Å². The summed E-state index contributed by atoms with van der Waals surface area (Å²) in [7, 11) is 4.66. The molecule has 0 amide bonds. The molecule has 3 rings (SSSR count). The molecule has 0 fully saturated rings. The molecule has 3 aromatic rings. The minimum Gasteiger partial charge on any atom is -0.493 e. The van der Waals surface area contributed by atoms with Gasteiger partial charge in [0.2, 0.25) is 5.75 Å². The Morgan fingerprint density at radius 3 is 2.26 bits per heavy atom. The fourth-order valence-electron chi connectivity index (χ4n) is 3.34. The van der Waals surface area contributed by atoms with Gasteiger partial charge in [0.1, 0.15) is 5.82 Å². The Kier molecular flexibility index (Phi) is 7.25. The SMILES string of the molecule is CCN(CC)Cc1nc2ccccc2c(=O)n1/N=C/c1cc(OC)c(OC)c(OC)c1. The molecule has 8 heteroatoms. The number of para-hydroxylation sites is 1. The van der Waals surface area contributed by atoms with Gasteiger partial charge in [0, 0.05) is 5.56 Å². The van der Waals surface area contributed by atoms with Crippen LogP contribution < -0.4 is 19.8 Å². The number of rotatable bonds is 9. The van der Waals surface area contributed by atoms with Gasteiger partial charge < -0.3 is 14.2 Å². The highest BCUT2D eigenvalue weighted by Crippen LogP contribution is 2.37. The van der Waals surface area contributed by atoms with Crippen LogP contribution in [0.15, 0.2) is 46.3 Å². The third-order valence-corrected chi connectivity index (χ3v) is 5.09. The van der Waals surface area contributed by atoms with Crippen molar-refractivity contribution >= 4 is 17.1 Å². The molecule has 1 heterocycles. The maximum absolute atomic E-state index is 13.2. The largest absolute Gasteiger partial charge is 0.493 e. The Balaban J connectivity index is 2.12. The second kappa shape index (κ2) is 10.1. The van der Waals surface area contributed by atoms with Crippen molar-refractivity contribution in [3.63, 3.8) is 0 Å². The standard InChI is InChI=1S/C23H28N4O4/c1-6-26(7-2)15-21-25-18-11-9-8-10-17(18)23(28)27(21)24-14-16-12-19(29-3)22(31-5)20(13-16)30-4/h8-14H,6-7,15H2,1-5H3/b24-14+. The number of ether oxygens (including phenoxy) is 3. The summed E-state index contributed by atoms with van der Waals surface area (Å²) in [4.78, 5) is 20.1. The average molecular weight is 425 g/mol. The van der Waals surface area contributed by atoms with Crippen LogP contribution in [0.5, 0.6) is 17.2 Å². The highest BCUT2D eigenvalue weighted by atomic mass is 16.5. The molecule has 0 unspecified atom stereocenters. The molecule has 0 atom stereocenters. The first-order valence-electron chi connectivity index (χ1n) is 10.1. The summed E-state index contributed by atoms with van der Waals surface area (Å²) in [6.07, 6.45) is 1.59. The van der Waals surface area contributed by atoms with Crippen LogP contribution >= 0.6 is 0 Å². The van der Waals surface area contributed by atoms with Crippen LogP contribution in [0.3, 0.4) is 0 Å². The zero-order valence-corrected chi connectivity index (χ0v) is 18.6. The summed E-state index contributed by atoms with van der Waals surface area (Å²) in [5.41, 5.74) is 1.15. The summed E-state index contributed by atoms with van der Waals surface area (Å²) < 4.78 is 17.5. The van der Waals surface area contributed by atoms with Crippen LogP contribution in [-0.2, 0) is 6.54 Å². The second-order valence-corrected chi connectivity index (χ2v) is 6.83. The van der Waals surface area contributed by atoms with E-state index >= 15 is 0 Å². The molecule has 0 radical (unpaired) electrons. The van der Waals surface area contributed by atoms with E-state index < -0.39 is 0 Å². The summed E-state index contributed by atoms with van der Waals surface area (Å²) in [6, 6.07) is 10.8. The van der Waals surface area contributed by atoms with Crippen LogP contribution in [0.2, 0.25) is 0 Å². The normalized spacial score (nSPS) is 11.4. The molecule has 0 N–H and O–H groups in total. The lowest BCUT2D eigenvalue weighted by molar-refractivity contribution is 0.283. The van der Waals surface area contributed by atoms with E-state index in [0.29, 0.717) is 46.1 Å². The highest BCUT2D eigenvalue weighted by Gasteiger charge is 2.14. The minimum absolute atomic E-state index is 0.212. The first-order chi connectivity index (χ1) is 15.1. The van der Waals surface area contributed by atoms with Gasteiger partial charge in [-0.05, 0) is 37.4 Å². The van der Waals surface area contributed by atoms with Crippen molar-refractivity contribution < 1.29 is 14.2 Å². The van der Waals surface area contributed by atoms with Crippen LogP contribution in [0.25, 0.3) is 10.9 Å². The van der Waals surface area contributed by atoms with Gasteiger partial charge in [-0.25, -0.2) is 4.98 Å². The predicted octanol–water partition coefficient (Wildman–Crippen LogP) is 3.15. The van der Waals surface area contributed by atoms with E-state index in [1.807, 2.05) is 18.2 Å². The predicted molar refractivity (Wildman–Crippen MR) is 122 cm³/mol. The van der Waals surface area contributed by atoms with Crippen molar-refractivity contribution in [1.29, 1.82) is 0 Å². The Bertz CT molecular complexity index is 1110. The summed E-state index contributed by atoms with van der Waals surface area (Å²) >= 11 is 0. The lowest BCUT2D eigenvalue weighted by Gasteiger charge is -2.19. The molecular weight excluding hydrogens is 396 g/mol. The number of benzene rings is 2. The molecule has 31 heavy (non-hydrogen) atoms. The first kappa shape index (κ1) is 22.3. The van der Waals surface area contributed by atoms with E-state index in [0.717, 1.165) is 13.1 Å². The Hall–Kier alpha value is -3.39. The molecule has 0 aliphatic rings. The van der Waals surface area contributed by atoms with Gasteiger partial charge >= 0.3 is 0 Å². The van der Waals surface area contributed by atoms with Crippen LogP contribution in [0, 0.1) is 0 Å². The molecule has 164 valence electrons. The van der Waals surface area contributed by atoms with Crippen LogP contribution in [0.4, 0.5) is 0 Å². The fraction of sp³-hybridized carbons (Fsp3) is 0.348. The summed E-state index contributed by atoms with van der Waals surface area (Å²) in [6.45, 7) is 6.35. The monoisotopic (exact) mass is 424 g/mol. The van der Waals surface area contributed by atoms with E-state index in [-0.39, 0.29) is 5.56 Å². The molecule has 0 bridgehead atoms. The summed E-state index contributed by atoms with van der Waals surface area (Å²) in [5, 5.41) is 5.01. The lowest BCUT2D eigenvalue weighted by atomic mass is 10.2. The minimum atomic E-state index is -0.212. The van der Waals surface area contributed by atoms with Gasteiger partial charge in [0.25, 0.3) is 5.56 Å². The number of aromatic nitrogens is 2. The number of methoxy groups -OCH3 is 3. The quantitative estimate of drug-likeness (QED) is 0.491. The molecule has 2 aromatic carbocycles. The number of nitrogens with zero attached hydrogens (tertiary/aromatic N) is 4. The van der Waals surface area contributed by atoms with Crippen molar-refractivity contribution in [3.05, 3.63) is 58.1 Å². The molecule has 8 nitrogen and oxygen atoms in total. The van der Waals surface area contributed by atoms with Crippen LogP contribution in [0.1, 0.15) is 25.2 Å². The van der Waals surface area contributed by atoms with E-state index in [2.05, 4.69) is 23.8 Å². The van der Waals surface area contributed by atoms with Gasteiger partial charge in [-0.15, -0.1) is 0 Å². The van der Waals surface area contributed by atoms with Crippen molar-refractivity contribution in [2.75, 3.05) is 34.4 Å². The van der Waals surface area contributed by atoms with Crippen molar-refractivity contribution in [2.24, 2.45) is 5.10 Å². The Morgan fingerprint density at radius 2 is 1.68 bits per heavy atom. The van der Waals surface area contributed by atoms with E-state index in [1.165, 1.54) is 4.68 Å². The van der Waals surface area contributed by atoms with E-state index in [1.54, 1.807) is 45.7 Å². The molecular formula is C23H28N4O4. The maximum Gasteiger partial charge on any atom is 0.282 e.